The van der Waals surface area contributed by atoms with Crippen molar-refractivity contribution in [1.82, 2.24) is 14.9 Å². The number of nitrogens with zero attached hydrogens (tertiary/aromatic N) is 2. The quantitative estimate of drug-likeness (QED) is 0.735. The van der Waals surface area contributed by atoms with Crippen LogP contribution in [0, 0.1) is 0 Å². The van der Waals surface area contributed by atoms with Crippen LogP contribution in [0.4, 0.5) is 0 Å². The van der Waals surface area contributed by atoms with Gasteiger partial charge in [0.25, 0.3) is 11.5 Å². The van der Waals surface area contributed by atoms with E-state index in [0.717, 1.165) is 17.7 Å². The number of fused-ring (bicyclic) bond motifs is 1. The number of aromatic nitrogens is 2. The van der Waals surface area contributed by atoms with E-state index in [4.69, 9.17) is 11.6 Å². The molecule has 0 bridgehead atoms. The van der Waals surface area contributed by atoms with Gasteiger partial charge in [0, 0.05) is 29.1 Å². The van der Waals surface area contributed by atoms with E-state index in [0.29, 0.717) is 34.9 Å². The highest BCUT2D eigenvalue weighted by atomic mass is 35.5. The Labute approximate surface area is 168 Å². The van der Waals surface area contributed by atoms with Crippen molar-refractivity contribution in [2.24, 2.45) is 0 Å². The zero-order valence-corrected chi connectivity index (χ0v) is 16.3. The molecular weight excluding hydrogens is 374 g/mol. The molecule has 2 aromatic carbocycles. The molecule has 3 aromatic rings. The summed E-state index contributed by atoms with van der Waals surface area (Å²) < 4.78 is 0. The van der Waals surface area contributed by atoms with Crippen molar-refractivity contribution in [3.8, 4) is 11.4 Å². The van der Waals surface area contributed by atoms with Crippen molar-refractivity contribution < 1.29 is 4.79 Å². The first kappa shape index (κ1) is 18.4. The second-order valence-corrected chi connectivity index (χ2v) is 7.31. The number of hydrogen-bond acceptors (Lipinski definition) is 3. The number of halogens is 1. The van der Waals surface area contributed by atoms with E-state index in [1.807, 2.05) is 24.3 Å². The Hall–Kier alpha value is -2.92. The summed E-state index contributed by atoms with van der Waals surface area (Å²) in [5, 5.41) is 0.584. The lowest BCUT2D eigenvalue weighted by atomic mass is 10.0. The molecule has 1 aliphatic rings. The van der Waals surface area contributed by atoms with Crippen LogP contribution in [0.3, 0.4) is 0 Å². The van der Waals surface area contributed by atoms with Gasteiger partial charge in [0.1, 0.15) is 5.82 Å². The average Bonchev–Trinajstić information content (AvgIpc) is 2.73. The van der Waals surface area contributed by atoms with Crippen molar-refractivity contribution in [3.63, 3.8) is 0 Å². The van der Waals surface area contributed by atoms with Crippen LogP contribution < -0.4 is 5.56 Å². The maximum absolute atomic E-state index is 12.7. The van der Waals surface area contributed by atoms with E-state index in [1.165, 1.54) is 5.56 Å². The molecule has 1 N–H and O–H groups in total. The molecule has 0 atom stereocenters. The van der Waals surface area contributed by atoms with Gasteiger partial charge in [0.15, 0.2) is 0 Å². The summed E-state index contributed by atoms with van der Waals surface area (Å²) in [5.74, 6) is 0.463. The molecule has 142 valence electrons. The smallest absolute Gasteiger partial charge is 0.256 e. The predicted octanol–water partition coefficient (Wildman–Crippen LogP) is 3.85. The Morgan fingerprint density at radius 1 is 1.14 bits per heavy atom. The van der Waals surface area contributed by atoms with E-state index < -0.39 is 0 Å². The molecule has 0 spiro atoms. The van der Waals surface area contributed by atoms with Crippen LogP contribution in [0.1, 0.15) is 34.1 Å². The third-order valence-electron chi connectivity index (χ3n) is 5.08. The summed E-state index contributed by atoms with van der Waals surface area (Å²) in [4.78, 5) is 34.6. The lowest BCUT2D eigenvalue weighted by molar-refractivity contribution is 0.0732. The van der Waals surface area contributed by atoms with Crippen LogP contribution in [0.25, 0.3) is 11.4 Å². The number of carbonyl (C=O) groups excluding carboxylic acids is 1. The Morgan fingerprint density at radius 3 is 2.54 bits per heavy atom. The second kappa shape index (κ2) is 7.60. The molecule has 0 saturated heterocycles. The molecular formula is C22H20ClN3O2. The second-order valence-electron chi connectivity index (χ2n) is 6.87. The lowest BCUT2D eigenvalue weighted by Crippen LogP contribution is -2.39. The van der Waals surface area contributed by atoms with Crippen LogP contribution in [0.2, 0.25) is 5.02 Å². The van der Waals surface area contributed by atoms with Gasteiger partial charge in [0.2, 0.25) is 0 Å². The topological polar surface area (TPSA) is 66.1 Å². The summed E-state index contributed by atoms with van der Waals surface area (Å²) in [6.45, 7) is 2.89. The molecule has 5 nitrogen and oxygen atoms in total. The van der Waals surface area contributed by atoms with Crippen molar-refractivity contribution >= 4 is 17.5 Å². The fraction of sp³-hybridized carbons (Fsp3) is 0.227. The predicted molar refractivity (Wildman–Crippen MR) is 110 cm³/mol. The third kappa shape index (κ3) is 3.58. The molecule has 28 heavy (non-hydrogen) atoms. The molecule has 1 aromatic heterocycles. The Bertz CT molecular complexity index is 1070. The van der Waals surface area contributed by atoms with E-state index in [2.05, 4.69) is 16.9 Å². The number of hydrogen-bond donors (Lipinski definition) is 1. The van der Waals surface area contributed by atoms with Crippen molar-refractivity contribution in [1.29, 1.82) is 0 Å². The normalized spacial score (nSPS) is 13.3. The first-order chi connectivity index (χ1) is 13.5. The Morgan fingerprint density at radius 2 is 1.86 bits per heavy atom. The highest BCUT2D eigenvalue weighted by molar-refractivity contribution is 6.30. The highest BCUT2D eigenvalue weighted by Crippen LogP contribution is 2.21. The first-order valence-electron chi connectivity index (χ1n) is 9.31. The fourth-order valence-electron chi connectivity index (χ4n) is 3.41. The Kier molecular flexibility index (Phi) is 5.01. The summed E-state index contributed by atoms with van der Waals surface area (Å²) in [7, 11) is 0. The van der Waals surface area contributed by atoms with Gasteiger partial charge in [-0.3, -0.25) is 9.59 Å². The van der Waals surface area contributed by atoms with Crippen LogP contribution in [-0.4, -0.2) is 27.3 Å². The first-order valence-corrected chi connectivity index (χ1v) is 9.69. The van der Waals surface area contributed by atoms with Crippen molar-refractivity contribution in [2.45, 2.75) is 26.3 Å². The van der Waals surface area contributed by atoms with Crippen LogP contribution in [0.15, 0.2) is 53.3 Å². The van der Waals surface area contributed by atoms with E-state index >= 15 is 0 Å². The minimum atomic E-state index is -0.187. The molecule has 6 heteroatoms. The number of amides is 1. The summed E-state index contributed by atoms with van der Waals surface area (Å²) in [6, 6.07) is 14.8. The summed E-state index contributed by atoms with van der Waals surface area (Å²) in [6.07, 6.45) is 1.52. The van der Waals surface area contributed by atoms with Crippen LogP contribution >= 0.6 is 11.6 Å². The Balaban J connectivity index is 1.60. The zero-order valence-electron chi connectivity index (χ0n) is 15.5. The number of H-pyrrole nitrogens is 1. The summed E-state index contributed by atoms with van der Waals surface area (Å²) >= 11 is 5.89. The standard InChI is InChI=1S/C22H20ClN3O2/c1-2-14-3-5-15(6-4-14)20-24-19-11-12-26(13-18(19)21(27)25-20)22(28)16-7-9-17(23)10-8-16/h3-10H,2,11-13H2,1H3,(H,24,25,27). The van der Waals surface area contributed by atoms with Gasteiger partial charge >= 0.3 is 0 Å². The average molecular weight is 394 g/mol. The molecule has 1 aliphatic heterocycles. The van der Waals surface area contributed by atoms with Gasteiger partial charge in [-0.25, -0.2) is 4.98 Å². The number of nitrogens with one attached hydrogen (secondary N) is 1. The largest absolute Gasteiger partial charge is 0.334 e. The maximum atomic E-state index is 12.7. The van der Waals surface area contributed by atoms with Gasteiger partial charge in [-0.05, 0) is 36.2 Å². The zero-order chi connectivity index (χ0) is 19.7. The molecule has 0 fully saturated rings. The lowest BCUT2D eigenvalue weighted by Gasteiger charge is -2.28. The number of carbonyl (C=O) groups is 1. The third-order valence-corrected chi connectivity index (χ3v) is 5.33. The number of aromatic amines is 1. The van der Waals surface area contributed by atoms with Gasteiger partial charge in [0.05, 0.1) is 17.8 Å². The van der Waals surface area contributed by atoms with E-state index in [9.17, 15) is 9.59 Å². The molecule has 4 rings (SSSR count). The van der Waals surface area contributed by atoms with Crippen LogP contribution in [0.5, 0.6) is 0 Å². The van der Waals surface area contributed by atoms with E-state index in [1.54, 1.807) is 29.2 Å². The molecule has 0 unspecified atom stereocenters. The number of benzene rings is 2. The monoisotopic (exact) mass is 393 g/mol. The van der Waals surface area contributed by atoms with Gasteiger partial charge in [-0.1, -0.05) is 42.8 Å². The van der Waals surface area contributed by atoms with Gasteiger partial charge in [-0.2, -0.15) is 0 Å². The molecule has 2 heterocycles. The minimum Gasteiger partial charge on any atom is -0.334 e. The van der Waals surface area contributed by atoms with E-state index in [-0.39, 0.29) is 18.0 Å². The van der Waals surface area contributed by atoms with Gasteiger partial charge < -0.3 is 9.88 Å². The minimum absolute atomic E-state index is 0.110. The number of rotatable bonds is 3. The SMILES string of the molecule is CCc1ccc(-c2nc3c(c(=O)[nH]2)CN(C(=O)c2ccc(Cl)cc2)CC3)cc1. The summed E-state index contributed by atoms with van der Waals surface area (Å²) in [5.41, 5.74) is 3.82. The van der Waals surface area contributed by atoms with Gasteiger partial charge in [-0.15, -0.1) is 0 Å². The fourth-order valence-corrected chi connectivity index (χ4v) is 3.53. The number of aryl methyl sites for hydroxylation is 1. The highest BCUT2D eigenvalue weighted by Gasteiger charge is 2.25. The molecule has 1 amide bonds. The molecule has 0 aliphatic carbocycles. The van der Waals surface area contributed by atoms with Crippen LogP contribution in [-0.2, 0) is 19.4 Å². The molecule has 0 saturated carbocycles. The van der Waals surface area contributed by atoms with Crippen molar-refractivity contribution in [2.75, 3.05) is 6.54 Å². The van der Waals surface area contributed by atoms with Crippen molar-refractivity contribution in [3.05, 3.63) is 86.3 Å². The maximum Gasteiger partial charge on any atom is 0.256 e. The molecule has 0 radical (unpaired) electrons.